The number of hydrogen-bond donors (Lipinski definition) is 1. The molecule has 158 valence electrons. The van der Waals surface area contributed by atoms with Gasteiger partial charge in [-0.15, -0.1) is 11.3 Å². The summed E-state index contributed by atoms with van der Waals surface area (Å²) in [6, 6.07) is 19.2. The molecule has 5 nitrogen and oxygen atoms in total. The normalized spacial score (nSPS) is 12.3. The Bertz CT molecular complexity index is 1260. The molecule has 1 atom stereocenters. The number of hydrogen-bond acceptors (Lipinski definition) is 4. The number of aryl methyl sites for hydroxylation is 1. The zero-order valence-corrected chi connectivity index (χ0v) is 18.6. The topological polar surface area (TPSA) is 64.0 Å². The van der Waals surface area contributed by atoms with Crippen molar-refractivity contribution in [1.29, 1.82) is 0 Å². The van der Waals surface area contributed by atoms with E-state index in [4.69, 9.17) is 0 Å². The van der Waals surface area contributed by atoms with Crippen LogP contribution in [0.4, 0.5) is 0 Å². The quantitative estimate of drug-likeness (QED) is 0.481. The third-order valence-corrected chi connectivity index (χ3v) is 6.17. The Kier molecular flexibility index (Phi) is 6.00. The van der Waals surface area contributed by atoms with Gasteiger partial charge in [0.05, 0.1) is 11.4 Å². The van der Waals surface area contributed by atoms with Gasteiger partial charge in [0.1, 0.15) is 0 Å². The van der Waals surface area contributed by atoms with Crippen LogP contribution in [0.3, 0.4) is 0 Å². The molecule has 0 aliphatic heterocycles. The number of aromatic nitrogens is 2. The van der Waals surface area contributed by atoms with Gasteiger partial charge in [-0.2, -0.15) is 5.10 Å². The lowest BCUT2D eigenvalue weighted by Crippen LogP contribution is -2.32. The van der Waals surface area contributed by atoms with E-state index in [0.29, 0.717) is 16.7 Å². The predicted octanol–water partition coefficient (Wildman–Crippen LogP) is 4.71. The Morgan fingerprint density at radius 2 is 1.74 bits per heavy atom. The third kappa shape index (κ3) is 4.44. The highest BCUT2D eigenvalue weighted by atomic mass is 32.1. The Hall–Kier alpha value is -3.25. The fourth-order valence-electron chi connectivity index (χ4n) is 3.76. The van der Waals surface area contributed by atoms with Crippen LogP contribution >= 0.6 is 11.3 Å². The zero-order chi connectivity index (χ0) is 22.0. The first-order chi connectivity index (χ1) is 14.9. The number of carbonyl (C=O) groups is 1. The van der Waals surface area contributed by atoms with E-state index in [9.17, 15) is 9.59 Å². The molecule has 2 aromatic carbocycles. The Morgan fingerprint density at radius 3 is 2.39 bits per heavy atom. The van der Waals surface area contributed by atoms with Crippen molar-refractivity contribution in [2.45, 2.75) is 26.3 Å². The Balaban J connectivity index is 1.71. The van der Waals surface area contributed by atoms with Crippen molar-refractivity contribution in [3.8, 4) is 0 Å². The summed E-state index contributed by atoms with van der Waals surface area (Å²) in [6.45, 7) is 4.40. The number of carbonyl (C=O) groups excluding carboxylic acids is 1. The minimum atomic E-state index is -0.309. The highest BCUT2D eigenvalue weighted by molar-refractivity contribution is 7.10. The molecule has 4 aromatic rings. The molecular weight excluding hydrogens is 406 g/mol. The highest BCUT2D eigenvalue weighted by Crippen LogP contribution is 2.27. The molecule has 6 heteroatoms. The van der Waals surface area contributed by atoms with Gasteiger partial charge < -0.3 is 5.32 Å². The molecule has 4 rings (SSSR count). The first kappa shape index (κ1) is 21.0. The standard InChI is InChI=1S/C25H25N3O2S/c1-16(2)15-17-10-12-18(13-11-17)22(21-9-6-14-31-21)26-24(29)23-19-7-4-5-8-20(19)25(30)28(3)27-23/h4-14,16,22H,15H2,1-3H3,(H,26,29)/t22-/m0/s1. The zero-order valence-electron chi connectivity index (χ0n) is 17.8. The van der Waals surface area contributed by atoms with Gasteiger partial charge in [-0.05, 0) is 41.0 Å². The van der Waals surface area contributed by atoms with Crippen LogP contribution in [-0.4, -0.2) is 15.7 Å². The average Bonchev–Trinajstić information content (AvgIpc) is 3.29. The van der Waals surface area contributed by atoms with Gasteiger partial charge in [-0.1, -0.05) is 62.4 Å². The van der Waals surface area contributed by atoms with E-state index in [1.165, 1.54) is 10.2 Å². The number of fused-ring (bicyclic) bond motifs is 1. The Labute approximate surface area is 185 Å². The van der Waals surface area contributed by atoms with Crippen LogP contribution in [0.25, 0.3) is 10.8 Å². The van der Waals surface area contributed by atoms with Crippen molar-refractivity contribution in [1.82, 2.24) is 15.1 Å². The van der Waals surface area contributed by atoms with E-state index in [0.717, 1.165) is 16.9 Å². The van der Waals surface area contributed by atoms with Crippen LogP contribution in [0.15, 0.2) is 70.8 Å². The van der Waals surface area contributed by atoms with Gasteiger partial charge in [0, 0.05) is 17.3 Å². The summed E-state index contributed by atoms with van der Waals surface area (Å²) in [4.78, 5) is 26.8. The van der Waals surface area contributed by atoms with E-state index >= 15 is 0 Å². The number of nitrogens with one attached hydrogen (secondary N) is 1. The maximum absolute atomic E-state index is 13.3. The first-order valence-corrected chi connectivity index (χ1v) is 11.2. The number of amides is 1. The van der Waals surface area contributed by atoms with Crippen molar-refractivity contribution >= 4 is 28.0 Å². The van der Waals surface area contributed by atoms with Gasteiger partial charge in [-0.25, -0.2) is 4.68 Å². The lowest BCUT2D eigenvalue weighted by Gasteiger charge is -2.19. The molecule has 1 N–H and O–H groups in total. The monoisotopic (exact) mass is 431 g/mol. The number of rotatable bonds is 6. The fourth-order valence-corrected chi connectivity index (χ4v) is 4.56. The van der Waals surface area contributed by atoms with Crippen molar-refractivity contribution in [3.63, 3.8) is 0 Å². The maximum atomic E-state index is 13.3. The smallest absolute Gasteiger partial charge is 0.274 e. The molecule has 2 heterocycles. The molecular formula is C25H25N3O2S. The Morgan fingerprint density at radius 1 is 1.03 bits per heavy atom. The minimum Gasteiger partial charge on any atom is -0.339 e. The summed E-state index contributed by atoms with van der Waals surface area (Å²) < 4.78 is 1.22. The second-order valence-electron chi connectivity index (χ2n) is 8.08. The summed E-state index contributed by atoms with van der Waals surface area (Å²) in [5, 5.41) is 10.5. The van der Waals surface area contributed by atoms with Gasteiger partial charge in [-0.3, -0.25) is 9.59 Å². The average molecular weight is 432 g/mol. The van der Waals surface area contributed by atoms with Crippen LogP contribution in [0, 0.1) is 5.92 Å². The van der Waals surface area contributed by atoms with E-state index in [1.807, 2.05) is 23.6 Å². The summed E-state index contributed by atoms with van der Waals surface area (Å²) >= 11 is 1.60. The first-order valence-electron chi connectivity index (χ1n) is 10.3. The fraction of sp³-hybridized carbons (Fsp3) is 0.240. The van der Waals surface area contributed by atoms with Crippen molar-refractivity contribution in [2.24, 2.45) is 13.0 Å². The van der Waals surface area contributed by atoms with Crippen molar-refractivity contribution in [3.05, 3.63) is 98.1 Å². The third-order valence-electron chi connectivity index (χ3n) is 5.23. The molecule has 0 fully saturated rings. The molecule has 2 aromatic heterocycles. The van der Waals surface area contributed by atoms with Gasteiger partial charge in [0.25, 0.3) is 11.5 Å². The second kappa shape index (κ2) is 8.86. The predicted molar refractivity (Wildman–Crippen MR) is 126 cm³/mol. The molecule has 0 saturated carbocycles. The summed E-state index contributed by atoms with van der Waals surface area (Å²) in [5.41, 5.74) is 2.32. The lowest BCUT2D eigenvalue weighted by atomic mass is 9.98. The van der Waals surface area contributed by atoms with Crippen LogP contribution in [0.1, 0.15) is 46.4 Å². The number of nitrogens with zero attached hydrogens (tertiary/aromatic N) is 2. The van der Waals surface area contributed by atoms with Gasteiger partial charge in [0.15, 0.2) is 5.69 Å². The molecule has 0 radical (unpaired) electrons. The maximum Gasteiger partial charge on any atom is 0.274 e. The van der Waals surface area contributed by atoms with Crippen LogP contribution in [0.5, 0.6) is 0 Å². The largest absolute Gasteiger partial charge is 0.339 e. The molecule has 0 aliphatic carbocycles. The molecule has 0 aliphatic rings. The SMILES string of the molecule is CC(C)Cc1ccc([C@H](NC(=O)c2nn(C)c(=O)c3ccccc23)c2cccs2)cc1. The van der Waals surface area contributed by atoms with Crippen molar-refractivity contribution < 1.29 is 4.79 Å². The van der Waals surface area contributed by atoms with Gasteiger partial charge in [0.2, 0.25) is 0 Å². The minimum absolute atomic E-state index is 0.220. The van der Waals surface area contributed by atoms with Crippen LogP contribution < -0.4 is 10.9 Å². The number of thiophene rings is 1. The van der Waals surface area contributed by atoms with E-state index < -0.39 is 0 Å². The van der Waals surface area contributed by atoms with E-state index in [2.05, 4.69) is 48.5 Å². The summed E-state index contributed by atoms with van der Waals surface area (Å²) in [7, 11) is 1.57. The van der Waals surface area contributed by atoms with E-state index in [1.54, 1.807) is 36.6 Å². The summed E-state index contributed by atoms with van der Waals surface area (Å²) in [5.74, 6) is 0.277. The van der Waals surface area contributed by atoms with Crippen LogP contribution in [-0.2, 0) is 13.5 Å². The molecule has 0 saturated heterocycles. The van der Waals surface area contributed by atoms with Gasteiger partial charge >= 0.3 is 0 Å². The van der Waals surface area contributed by atoms with Crippen LogP contribution in [0.2, 0.25) is 0 Å². The van der Waals surface area contributed by atoms with Crippen molar-refractivity contribution in [2.75, 3.05) is 0 Å². The van der Waals surface area contributed by atoms with E-state index in [-0.39, 0.29) is 23.2 Å². The number of benzene rings is 2. The molecule has 1 amide bonds. The lowest BCUT2D eigenvalue weighted by molar-refractivity contribution is 0.0938. The molecule has 31 heavy (non-hydrogen) atoms. The highest BCUT2D eigenvalue weighted by Gasteiger charge is 2.22. The molecule has 0 unspecified atom stereocenters. The second-order valence-corrected chi connectivity index (χ2v) is 9.06. The molecule has 0 spiro atoms. The summed E-state index contributed by atoms with van der Waals surface area (Å²) in [6.07, 6.45) is 1.02. The molecule has 0 bridgehead atoms.